The van der Waals surface area contributed by atoms with Crippen molar-refractivity contribution < 1.29 is 29.6 Å². The Bertz CT molecular complexity index is 740. The second-order valence-corrected chi connectivity index (χ2v) is 11.5. The van der Waals surface area contributed by atoms with Crippen LogP contribution in [0.5, 0.6) is 0 Å². The van der Waals surface area contributed by atoms with Crippen LogP contribution in [0.2, 0.25) is 0 Å². The molecule has 9 atom stereocenters. The van der Waals surface area contributed by atoms with E-state index in [2.05, 4.69) is 22.5 Å². The second-order valence-electron chi connectivity index (χ2n) is 10.6. The van der Waals surface area contributed by atoms with Crippen molar-refractivity contribution in [2.45, 2.75) is 81.1 Å². The first-order chi connectivity index (χ1) is 17.1. The van der Waals surface area contributed by atoms with Crippen LogP contribution in [0.4, 0.5) is 4.79 Å². The van der Waals surface area contributed by atoms with Gasteiger partial charge in [-0.1, -0.05) is 13.3 Å². The zero-order valence-electron chi connectivity index (χ0n) is 22.2. The van der Waals surface area contributed by atoms with E-state index >= 15 is 0 Å². The van der Waals surface area contributed by atoms with Crippen LogP contribution in [0.3, 0.4) is 0 Å². The maximum absolute atomic E-state index is 13.5. The molecule has 0 spiro atoms. The lowest BCUT2D eigenvalue weighted by molar-refractivity contribution is -0.206. The average molecular weight is 532 g/mol. The molecule has 0 aromatic heterocycles. The quantitative estimate of drug-likeness (QED) is 0.270. The fraction of sp³-hybridized carbons (Fsp3) is 0.917. The van der Waals surface area contributed by atoms with Gasteiger partial charge in [-0.25, -0.2) is 4.79 Å². The summed E-state index contributed by atoms with van der Waals surface area (Å²) in [6, 6.07) is -2.00. The molecule has 3 rings (SSSR count). The first kappa shape index (κ1) is 29.4. The molecule has 3 fully saturated rings. The van der Waals surface area contributed by atoms with Gasteiger partial charge >= 0.3 is 6.03 Å². The molecule has 0 radical (unpaired) electrons. The Morgan fingerprint density at radius 2 is 1.72 bits per heavy atom. The number of likely N-dealkylation sites (tertiary alicyclic amines) is 1. The Balaban J connectivity index is 1.77. The van der Waals surface area contributed by atoms with Crippen molar-refractivity contribution in [3.63, 3.8) is 0 Å². The molecule has 3 saturated heterocycles. The second kappa shape index (κ2) is 13.1. The minimum absolute atomic E-state index is 0.195. The number of piperazine rings is 1. The molecule has 208 valence electrons. The fourth-order valence-corrected chi connectivity index (χ4v) is 6.21. The summed E-state index contributed by atoms with van der Waals surface area (Å²) in [5.74, 6) is 0.247. The zero-order chi connectivity index (χ0) is 26.6. The summed E-state index contributed by atoms with van der Waals surface area (Å²) >= 11 is 1.22. The van der Waals surface area contributed by atoms with Gasteiger partial charge in [0.05, 0.1) is 18.1 Å². The molecule has 3 aliphatic heterocycles. The minimum atomic E-state index is -1.44. The van der Waals surface area contributed by atoms with E-state index in [4.69, 9.17) is 4.74 Å². The Kier molecular flexibility index (Phi) is 10.7. The average Bonchev–Trinajstić information content (AvgIpc) is 3.22. The van der Waals surface area contributed by atoms with Crippen LogP contribution in [-0.4, -0.2) is 143 Å². The number of amides is 3. The Hall–Kier alpha value is -1.15. The number of hydrogen-bond acceptors (Lipinski definition) is 9. The third-order valence-electron chi connectivity index (χ3n) is 7.82. The number of nitrogens with zero attached hydrogens (tertiary/aromatic N) is 3. The van der Waals surface area contributed by atoms with E-state index in [-0.39, 0.29) is 18.0 Å². The standard InChI is InChI=1S/C24H45N5O6S/c1-6-7-15-12-16(28(4)13-15)22(33)26-17(21-19(31)18(30)20(32)23(35-21)36-5)14(2)25-24(34)29-10-8-27(3)9-11-29/h14-21,23,30-32H,6-13H2,1-5H3,(H,25,34)(H,26,33)/t14-,15-,16+,17-,18+,19-,20-,21-,23-/m1/s1. The molecule has 0 aromatic rings. The van der Waals surface area contributed by atoms with Crippen LogP contribution < -0.4 is 10.6 Å². The molecular formula is C24H45N5O6S. The number of rotatable bonds is 8. The predicted molar refractivity (Wildman–Crippen MR) is 139 cm³/mol. The van der Waals surface area contributed by atoms with E-state index < -0.39 is 41.9 Å². The molecule has 0 unspecified atom stereocenters. The number of ether oxygens (including phenoxy) is 1. The lowest BCUT2D eigenvalue weighted by atomic mass is 9.90. The molecular weight excluding hydrogens is 486 g/mol. The van der Waals surface area contributed by atoms with E-state index in [1.165, 1.54) is 11.8 Å². The Labute approximate surface area is 218 Å². The van der Waals surface area contributed by atoms with Crippen molar-refractivity contribution in [1.82, 2.24) is 25.3 Å². The normalized spacial score (nSPS) is 35.9. The highest BCUT2D eigenvalue weighted by Gasteiger charge is 2.49. The summed E-state index contributed by atoms with van der Waals surface area (Å²) in [5, 5.41) is 37.7. The van der Waals surface area contributed by atoms with Crippen LogP contribution in [0.25, 0.3) is 0 Å². The van der Waals surface area contributed by atoms with Crippen LogP contribution in [0.1, 0.15) is 33.1 Å². The van der Waals surface area contributed by atoms with Gasteiger partial charge in [0, 0.05) is 32.7 Å². The largest absolute Gasteiger partial charge is 0.388 e. The molecule has 0 saturated carbocycles. The van der Waals surface area contributed by atoms with Gasteiger partial charge < -0.3 is 40.5 Å². The van der Waals surface area contributed by atoms with Gasteiger partial charge in [-0.05, 0) is 46.0 Å². The molecule has 36 heavy (non-hydrogen) atoms. The highest BCUT2D eigenvalue weighted by Crippen LogP contribution is 2.30. The molecule has 3 amide bonds. The monoisotopic (exact) mass is 531 g/mol. The van der Waals surface area contributed by atoms with E-state index in [0.717, 1.165) is 38.9 Å². The lowest BCUT2D eigenvalue weighted by Gasteiger charge is -2.45. The summed E-state index contributed by atoms with van der Waals surface area (Å²) in [6.45, 7) is 7.49. The molecule has 11 nitrogen and oxygen atoms in total. The summed E-state index contributed by atoms with van der Waals surface area (Å²) in [6.07, 6.45) is -0.576. The number of aliphatic hydroxyl groups excluding tert-OH is 3. The van der Waals surface area contributed by atoms with Gasteiger partial charge in [0.1, 0.15) is 29.9 Å². The van der Waals surface area contributed by atoms with E-state index in [9.17, 15) is 24.9 Å². The van der Waals surface area contributed by atoms with Crippen molar-refractivity contribution in [3.05, 3.63) is 0 Å². The van der Waals surface area contributed by atoms with Crippen molar-refractivity contribution in [1.29, 1.82) is 0 Å². The lowest BCUT2D eigenvalue weighted by Crippen LogP contribution is -2.68. The molecule has 0 bridgehead atoms. The number of carbonyl (C=O) groups is 2. The van der Waals surface area contributed by atoms with Crippen LogP contribution in [0.15, 0.2) is 0 Å². The van der Waals surface area contributed by atoms with Crippen LogP contribution in [0, 0.1) is 5.92 Å². The Morgan fingerprint density at radius 3 is 2.33 bits per heavy atom. The predicted octanol–water partition coefficient (Wildman–Crippen LogP) is -0.892. The fourth-order valence-electron chi connectivity index (χ4n) is 5.53. The molecule has 5 N–H and O–H groups in total. The summed E-state index contributed by atoms with van der Waals surface area (Å²) in [7, 11) is 3.95. The number of likely N-dealkylation sites (N-methyl/N-ethyl adjacent to an activating group) is 2. The number of thioether (sulfide) groups is 1. The summed E-state index contributed by atoms with van der Waals surface area (Å²) in [4.78, 5) is 32.4. The van der Waals surface area contributed by atoms with Gasteiger partial charge in [-0.15, -0.1) is 11.8 Å². The van der Waals surface area contributed by atoms with Gasteiger partial charge in [0.25, 0.3) is 0 Å². The topological polar surface area (TPSA) is 138 Å². The molecule has 3 heterocycles. The Morgan fingerprint density at radius 1 is 1.06 bits per heavy atom. The maximum Gasteiger partial charge on any atom is 0.317 e. The van der Waals surface area contributed by atoms with Gasteiger partial charge in [0.15, 0.2) is 0 Å². The summed E-state index contributed by atoms with van der Waals surface area (Å²) < 4.78 is 6.01. The third kappa shape index (κ3) is 6.83. The summed E-state index contributed by atoms with van der Waals surface area (Å²) in [5.41, 5.74) is -0.781. The van der Waals surface area contributed by atoms with Crippen LogP contribution in [-0.2, 0) is 9.53 Å². The highest BCUT2D eigenvalue weighted by molar-refractivity contribution is 7.99. The number of aliphatic hydroxyl groups is 3. The number of nitrogens with one attached hydrogen (secondary N) is 2. The van der Waals surface area contributed by atoms with Crippen molar-refractivity contribution in [2.75, 3.05) is 53.1 Å². The number of urea groups is 1. The van der Waals surface area contributed by atoms with Gasteiger partial charge in [-0.3, -0.25) is 9.69 Å². The zero-order valence-corrected chi connectivity index (χ0v) is 23.0. The van der Waals surface area contributed by atoms with Crippen molar-refractivity contribution in [3.8, 4) is 0 Å². The molecule has 12 heteroatoms. The maximum atomic E-state index is 13.5. The SMILES string of the molecule is CCC[C@@H]1C[C@@H](C(=O)N[C@@H]([C@H]2O[C@H](SC)[C@H](O)[C@@H](O)[C@H]2O)[C@@H](C)NC(=O)N2CCN(C)CC2)N(C)C1. The van der Waals surface area contributed by atoms with Gasteiger partial charge in [-0.2, -0.15) is 0 Å². The van der Waals surface area contributed by atoms with E-state index in [0.29, 0.717) is 19.0 Å². The first-order valence-corrected chi connectivity index (χ1v) is 14.3. The number of hydrogen-bond donors (Lipinski definition) is 5. The van der Waals surface area contributed by atoms with E-state index in [1.807, 2.05) is 19.0 Å². The molecule has 3 aliphatic rings. The van der Waals surface area contributed by atoms with Crippen molar-refractivity contribution in [2.24, 2.45) is 5.92 Å². The highest BCUT2D eigenvalue weighted by atomic mass is 32.2. The van der Waals surface area contributed by atoms with Crippen molar-refractivity contribution >= 4 is 23.7 Å². The molecule has 0 aliphatic carbocycles. The van der Waals surface area contributed by atoms with E-state index in [1.54, 1.807) is 18.1 Å². The third-order valence-corrected chi connectivity index (χ3v) is 8.67. The first-order valence-electron chi connectivity index (χ1n) is 13.0. The van der Waals surface area contributed by atoms with Crippen LogP contribution >= 0.6 is 11.8 Å². The smallest absolute Gasteiger partial charge is 0.317 e. The molecule has 0 aromatic carbocycles. The number of carbonyl (C=O) groups excluding carboxylic acids is 2. The minimum Gasteiger partial charge on any atom is -0.388 e. The van der Waals surface area contributed by atoms with Gasteiger partial charge in [0.2, 0.25) is 5.91 Å².